The molecule has 0 bridgehead atoms. The molecule has 0 fully saturated rings. The lowest BCUT2D eigenvalue weighted by Gasteiger charge is -1.89. The van der Waals surface area contributed by atoms with Gasteiger partial charge < -0.3 is 0 Å². The molecular weight excluding hydrogens is 112 g/mol. The van der Waals surface area contributed by atoms with Crippen molar-refractivity contribution in [3.8, 4) is 0 Å². The van der Waals surface area contributed by atoms with Gasteiger partial charge in [0, 0.05) is 5.56 Å². The number of hydrogen-bond acceptors (Lipinski definition) is 0. The molecule has 0 aliphatic heterocycles. The van der Waals surface area contributed by atoms with Gasteiger partial charge in [-0.25, -0.2) is 0 Å². The summed E-state index contributed by atoms with van der Waals surface area (Å²) in [6, 6.07) is 0. The molecule has 0 saturated carbocycles. The van der Waals surface area contributed by atoms with Gasteiger partial charge in [0.05, 0.1) is 12.7 Å². The van der Waals surface area contributed by atoms with Gasteiger partial charge in [0.1, 0.15) is 0 Å². The fraction of sp³-hybridized carbons (Fsp3) is 0.571. The molecular formula is C7H13N2+. The maximum atomic E-state index is 2.16. The Hall–Kier alpha value is -0.790. The first-order valence-electron chi connectivity index (χ1n) is 3.26. The lowest BCUT2D eigenvalue weighted by molar-refractivity contribution is -0.753. The third kappa shape index (κ3) is 1.12. The molecule has 2 nitrogen and oxygen atoms in total. The average molecular weight is 125 g/mol. The van der Waals surface area contributed by atoms with Crippen LogP contribution in [0.25, 0.3) is 0 Å². The predicted molar refractivity (Wildman–Crippen MR) is 36.0 cm³/mol. The van der Waals surface area contributed by atoms with Crippen molar-refractivity contribution in [2.24, 2.45) is 7.05 Å². The largest absolute Gasteiger partial charge is 0.198 e. The maximum Gasteiger partial charge on any atom is 0.198 e. The number of nitrogens with zero attached hydrogens (tertiary/aromatic N) is 2. The van der Waals surface area contributed by atoms with Gasteiger partial charge in [-0.15, -0.1) is 4.68 Å². The van der Waals surface area contributed by atoms with E-state index in [0.29, 0.717) is 0 Å². The second kappa shape index (κ2) is 2.21. The van der Waals surface area contributed by atoms with Crippen molar-refractivity contribution in [3.63, 3.8) is 0 Å². The van der Waals surface area contributed by atoms with Crippen molar-refractivity contribution in [2.45, 2.75) is 20.4 Å². The molecule has 50 valence electrons. The highest BCUT2D eigenvalue weighted by Crippen LogP contribution is 1.89. The Bertz CT molecular complexity index is 201. The molecule has 0 saturated heterocycles. The number of rotatable bonds is 1. The zero-order chi connectivity index (χ0) is 6.85. The lowest BCUT2D eigenvalue weighted by Crippen LogP contribution is -2.37. The van der Waals surface area contributed by atoms with E-state index in [1.165, 1.54) is 5.56 Å². The van der Waals surface area contributed by atoms with E-state index < -0.39 is 0 Å². The smallest absolute Gasteiger partial charge is 0.161 e. The average Bonchev–Trinajstić information content (AvgIpc) is 2.10. The quantitative estimate of drug-likeness (QED) is 0.487. The van der Waals surface area contributed by atoms with Gasteiger partial charge in [0.2, 0.25) is 0 Å². The Morgan fingerprint density at radius 3 is 2.56 bits per heavy atom. The summed E-state index contributed by atoms with van der Waals surface area (Å²) in [5, 5.41) is 0. The third-order valence-electron chi connectivity index (χ3n) is 1.47. The van der Waals surface area contributed by atoms with Gasteiger partial charge in [-0.2, -0.15) is 4.68 Å². The molecule has 9 heavy (non-hydrogen) atoms. The summed E-state index contributed by atoms with van der Waals surface area (Å²) in [5.74, 6) is 0. The van der Waals surface area contributed by atoms with Crippen LogP contribution in [-0.2, 0) is 13.6 Å². The first kappa shape index (κ1) is 6.33. The summed E-state index contributed by atoms with van der Waals surface area (Å²) < 4.78 is 4.25. The lowest BCUT2D eigenvalue weighted by atomic mass is 10.4. The summed E-state index contributed by atoms with van der Waals surface area (Å²) in [6.07, 6.45) is 4.25. The van der Waals surface area contributed by atoms with E-state index in [1.807, 2.05) is 0 Å². The molecule has 0 radical (unpaired) electrons. The van der Waals surface area contributed by atoms with Crippen LogP contribution in [0, 0.1) is 6.92 Å². The van der Waals surface area contributed by atoms with Crippen LogP contribution in [-0.4, -0.2) is 4.68 Å². The molecule has 0 N–H and O–H groups in total. The first-order chi connectivity index (χ1) is 4.24. The molecule has 1 aromatic heterocycles. The van der Waals surface area contributed by atoms with Gasteiger partial charge in [-0.1, -0.05) is 0 Å². The van der Waals surface area contributed by atoms with Crippen LogP contribution in [0.15, 0.2) is 12.4 Å². The summed E-state index contributed by atoms with van der Waals surface area (Å²) in [6.45, 7) is 5.29. The van der Waals surface area contributed by atoms with E-state index >= 15 is 0 Å². The van der Waals surface area contributed by atoms with E-state index in [9.17, 15) is 0 Å². The molecule has 0 atom stereocenters. The minimum absolute atomic E-state index is 1.05. The van der Waals surface area contributed by atoms with Gasteiger partial charge in [0.15, 0.2) is 13.2 Å². The molecule has 0 aromatic carbocycles. The first-order valence-corrected chi connectivity index (χ1v) is 3.26. The summed E-state index contributed by atoms with van der Waals surface area (Å²) in [5.41, 5.74) is 1.32. The van der Waals surface area contributed by atoms with Crippen LogP contribution in [0.1, 0.15) is 12.5 Å². The minimum atomic E-state index is 1.05. The van der Waals surface area contributed by atoms with Crippen molar-refractivity contribution >= 4 is 0 Å². The molecule has 0 amide bonds. The van der Waals surface area contributed by atoms with E-state index in [2.05, 4.69) is 42.7 Å². The summed E-state index contributed by atoms with van der Waals surface area (Å²) in [4.78, 5) is 0. The second-order valence-corrected chi connectivity index (χ2v) is 2.33. The zero-order valence-corrected chi connectivity index (χ0v) is 6.26. The Labute approximate surface area is 55.7 Å². The molecule has 2 heteroatoms. The highest BCUT2D eigenvalue weighted by atomic mass is 15.4. The van der Waals surface area contributed by atoms with Crippen LogP contribution in [0.2, 0.25) is 0 Å². The number of aromatic nitrogens is 2. The number of aryl methyl sites for hydroxylation is 3. The van der Waals surface area contributed by atoms with Crippen LogP contribution in [0.4, 0.5) is 0 Å². The highest BCUT2D eigenvalue weighted by Gasteiger charge is 2.00. The van der Waals surface area contributed by atoms with Gasteiger partial charge >= 0.3 is 0 Å². The van der Waals surface area contributed by atoms with Crippen LogP contribution in [0.3, 0.4) is 0 Å². The molecule has 0 unspecified atom stereocenters. The normalized spacial score (nSPS) is 10.1. The van der Waals surface area contributed by atoms with E-state index in [1.54, 1.807) is 0 Å². The maximum absolute atomic E-state index is 2.16. The number of hydrogen-bond donors (Lipinski definition) is 0. The topological polar surface area (TPSA) is 8.81 Å². The second-order valence-electron chi connectivity index (χ2n) is 2.33. The molecule has 1 rings (SSSR count). The SMILES string of the molecule is CCn1cc(C)c[n+]1C. The third-order valence-corrected chi connectivity index (χ3v) is 1.47. The summed E-state index contributed by atoms with van der Waals surface area (Å²) >= 11 is 0. The van der Waals surface area contributed by atoms with Crippen LogP contribution >= 0.6 is 0 Å². The predicted octanol–water partition coefficient (Wildman–Crippen LogP) is 0.641. The molecule has 1 heterocycles. The van der Waals surface area contributed by atoms with Crippen molar-refractivity contribution in [1.82, 2.24) is 4.68 Å². The monoisotopic (exact) mass is 125 g/mol. The Balaban J connectivity index is 3.01. The Morgan fingerprint density at radius 1 is 1.67 bits per heavy atom. The van der Waals surface area contributed by atoms with Crippen molar-refractivity contribution < 1.29 is 4.68 Å². The van der Waals surface area contributed by atoms with E-state index in [-0.39, 0.29) is 0 Å². The van der Waals surface area contributed by atoms with Crippen LogP contribution < -0.4 is 4.68 Å². The fourth-order valence-electron chi connectivity index (χ4n) is 1.04. The van der Waals surface area contributed by atoms with Crippen molar-refractivity contribution in [3.05, 3.63) is 18.0 Å². The molecule has 1 aromatic rings. The molecule has 0 aliphatic rings. The summed E-state index contributed by atoms with van der Waals surface area (Å²) in [7, 11) is 2.05. The zero-order valence-electron chi connectivity index (χ0n) is 6.26. The van der Waals surface area contributed by atoms with Crippen molar-refractivity contribution in [1.29, 1.82) is 0 Å². The van der Waals surface area contributed by atoms with E-state index in [4.69, 9.17) is 0 Å². The standard InChI is InChI=1S/C7H13N2/c1-4-9-6-7(2)5-8(9)3/h5-6H,4H2,1-3H3/q+1. The highest BCUT2D eigenvalue weighted by molar-refractivity contribution is 4.95. The Morgan fingerprint density at radius 2 is 2.33 bits per heavy atom. The minimum Gasteiger partial charge on any atom is -0.161 e. The van der Waals surface area contributed by atoms with Gasteiger partial charge in [0.25, 0.3) is 0 Å². The fourth-order valence-corrected chi connectivity index (χ4v) is 1.04. The Kier molecular flexibility index (Phi) is 1.56. The van der Waals surface area contributed by atoms with Gasteiger partial charge in [-0.3, -0.25) is 0 Å². The van der Waals surface area contributed by atoms with Gasteiger partial charge in [-0.05, 0) is 13.8 Å². The molecule has 0 aliphatic carbocycles. The molecule has 0 spiro atoms. The van der Waals surface area contributed by atoms with E-state index in [0.717, 1.165) is 6.54 Å². The van der Waals surface area contributed by atoms with Crippen LogP contribution in [0.5, 0.6) is 0 Å². The van der Waals surface area contributed by atoms with Crippen molar-refractivity contribution in [2.75, 3.05) is 0 Å².